The fraction of sp³-hybridized carbons (Fsp3) is 0.154. The molecule has 0 atom stereocenters. The maximum absolute atomic E-state index is 5.87. The van der Waals surface area contributed by atoms with Gasteiger partial charge < -0.3 is 11.1 Å². The van der Waals surface area contributed by atoms with Gasteiger partial charge in [-0.15, -0.1) is 0 Å². The Balaban J connectivity index is 2.23. The van der Waals surface area contributed by atoms with Crippen molar-refractivity contribution in [1.29, 1.82) is 0 Å². The molecule has 0 saturated carbocycles. The Morgan fingerprint density at radius 3 is 2.38 bits per heavy atom. The van der Waals surface area contributed by atoms with Crippen LogP contribution < -0.4 is 11.1 Å². The van der Waals surface area contributed by atoms with Gasteiger partial charge in [0, 0.05) is 11.9 Å². The van der Waals surface area contributed by atoms with E-state index in [1.807, 2.05) is 37.3 Å². The molecule has 1 aromatic heterocycles. The lowest BCUT2D eigenvalue weighted by Gasteiger charge is -2.08. The van der Waals surface area contributed by atoms with Crippen LogP contribution in [0.2, 0.25) is 0 Å². The highest BCUT2D eigenvalue weighted by molar-refractivity contribution is 5.68. The highest BCUT2D eigenvalue weighted by Crippen LogP contribution is 2.21. The molecule has 0 bridgehead atoms. The lowest BCUT2D eigenvalue weighted by Crippen LogP contribution is -1.99. The zero-order valence-corrected chi connectivity index (χ0v) is 9.49. The molecule has 82 valence electrons. The van der Waals surface area contributed by atoms with Crippen molar-refractivity contribution < 1.29 is 0 Å². The third-order valence-electron chi connectivity index (χ3n) is 2.37. The summed E-state index contributed by atoms with van der Waals surface area (Å²) >= 11 is 0. The van der Waals surface area contributed by atoms with Gasteiger partial charge in [0.1, 0.15) is 0 Å². The van der Waals surface area contributed by atoms with Gasteiger partial charge in [-0.3, -0.25) is 0 Å². The first-order chi connectivity index (χ1) is 7.65. The minimum Gasteiger partial charge on any atom is -0.396 e. The number of nitrogens with zero attached hydrogens (tertiary/aromatic N) is 1. The Morgan fingerprint density at radius 1 is 1.06 bits per heavy atom. The fourth-order valence-corrected chi connectivity index (χ4v) is 1.47. The second kappa shape index (κ2) is 4.23. The summed E-state index contributed by atoms with van der Waals surface area (Å²) in [6.07, 6.45) is 1.80. The van der Waals surface area contributed by atoms with Crippen molar-refractivity contribution >= 4 is 17.2 Å². The van der Waals surface area contributed by atoms with Gasteiger partial charge in [-0.1, -0.05) is 17.7 Å². The van der Waals surface area contributed by atoms with Crippen LogP contribution in [-0.2, 0) is 0 Å². The van der Waals surface area contributed by atoms with E-state index in [-0.39, 0.29) is 0 Å². The van der Waals surface area contributed by atoms with Crippen molar-refractivity contribution in [2.45, 2.75) is 13.8 Å². The van der Waals surface area contributed by atoms with Crippen LogP contribution in [-0.4, -0.2) is 4.98 Å². The van der Waals surface area contributed by atoms with E-state index >= 15 is 0 Å². The summed E-state index contributed by atoms with van der Waals surface area (Å²) in [6, 6.07) is 10.0. The molecule has 0 aliphatic heterocycles. The Kier molecular flexibility index (Phi) is 2.77. The number of pyridine rings is 1. The average Bonchev–Trinajstić information content (AvgIpc) is 2.25. The first-order valence-corrected chi connectivity index (χ1v) is 5.21. The van der Waals surface area contributed by atoms with E-state index in [0.29, 0.717) is 11.5 Å². The van der Waals surface area contributed by atoms with Gasteiger partial charge in [-0.05, 0) is 37.6 Å². The molecule has 16 heavy (non-hydrogen) atoms. The number of nitrogens with two attached hydrogens (primary N) is 1. The van der Waals surface area contributed by atoms with Crippen molar-refractivity contribution in [2.75, 3.05) is 11.1 Å². The van der Waals surface area contributed by atoms with Crippen molar-refractivity contribution in [3.05, 3.63) is 47.7 Å². The van der Waals surface area contributed by atoms with Crippen molar-refractivity contribution in [1.82, 2.24) is 4.98 Å². The van der Waals surface area contributed by atoms with Gasteiger partial charge in [0.25, 0.3) is 0 Å². The lowest BCUT2D eigenvalue weighted by molar-refractivity contribution is 1.26. The molecule has 3 heteroatoms. The van der Waals surface area contributed by atoms with Crippen LogP contribution in [0.3, 0.4) is 0 Å². The number of nitrogen functional groups attached to an aromatic ring is 1. The SMILES string of the molecule is Cc1ccc(Nc2ncc(C)cc2N)cc1. The van der Waals surface area contributed by atoms with Gasteiger partial charge in [-0.2, -0.15) is 0 Å². The predicted molar refractivity (Wildman–Crippen MR) is 67.8 cm³/mol. The van der Waals surface area contributed by atoms with E-state index < -0.39 is 0 Å². The average molecular weight is 213 g/mol. The maximum Gasteiger partial charge on any atom is 0.153 e. The summed E-state index contributed by atoms with van der Waals surface area (Å²) in [4.78, 5) is 4.26. The first-order valence-electron chi connectivity index (χ1n) is 5.21. The number of aromatic nitrogens is 1. The highest BCUT2D eigenvalue weighted by Gasteiger charge is 2.00. The molecule has 0 radical (unpaired) electrons. The van der Waals surface area contributed by atoms with Gasteiger partial charge in [0.15, 0.2) is 5.82 Å². The minimum absolute atomic E-state index is 0.667. The molecule has 0 saturated heterocycles. The number of hydrogen-bond acceptors (Lipinski definition) is 3. The summed E-state index contributed by atoms with van der Waals surface area (Å²) < 4.78 is 0. The number of rotatable bonds is 2. The van der Waals surface area contributed by atoms with Gasteiger partial charge in [-0.25, -0.2) is 4.98 Å². The van der Waals surface area contributed by atoms with Gasteiger partial charge in [0.05, 0.1) is 5.69 Å². The summed E-state index contributed by atoms with van der Waals surface area (Å²) in [5.41, 5.74) is 9.83. The normalized spacial score (nSPS) is 10.1. The van der Waals surface area contributed by atoms with E-state index in [1.165, 1.54) is 5.56 Å². The number of hydrogen-bond donors (Lipinski definition) is 2. The van der Waals surface area contributed by atoms with Crippen LogP contribution in [0, 0.1) is 13.8 Å². The molecular weight excluding hydrogens is 198 g/mol. The molecular formula is C13H15N3. The molecule has 2 aromatic rings. The zero-order chi connectivity index (χ0) is 11.5. The van der Waals surface area contributed by atoms with Crippen LogP contribution in [0.5, 0.6) is 0 Å². The molecule has 3 N–H and O–H groups in total. The van der Waals surface area contributed by atoms with E-state index in [9.17, 15) is 0 Å². The molecule has 2 rings (SSSR count). The third kappa shape index (κ3) is 2.31. The Labute approximate surface area is 95.3 Å². The second-order valence-corrected chi connectivity index (χ2v) is 3.94. The molecule has 0 fully saturated rings. The van der Waals surface area contributed by atoms with Crippen molar-refractivity contribution in [3.8, 4) is 0 Å². The number of aryl methyl sites for hydroxylation is 2. The van der Waals surface area contributed by atoms with E-state index in [2.05, 4.69) is 17.2 Å². The molecule has 0 amide bonds. The minimum atomic E-state index is 0.667. The maximum atomic E-state index is 5.87. The molecule has 3 nitrogen and oxygen atoms in total. The Morgan fingerprint density at radius 2 is 1.75 bits per heavy atom. The predicted octanol–water partition coefficient (Wildman–Crippen LogP) is 3.02. The van der Waals surface area contributed by atoms with Crippen LogP contribution >= 0.6 is 0 Å². The number of anilines is 3. The number of nitrogens with one attached hydrogen (secondary N) is 1. The smallest absolute Gasteiger partial charge is 0.153 e. The topological polar surface area (TPSA) is 50.9 Å². The molecule has 1 heterocycles. The van der Waals surface area contributed by atoms with Crippen LogP contribution in [0.1, 0.15) is 11.1 Å². The van der Waals surface area contributed by atoms with Crippen LogP contribution in [0.4, 0.5) is 17.2 Å². The van der Waals surface area contributed by atoms with Crippen LogP contribution in [0.15, 0.2) is 36.5 Å². The zero-order valence-electron chi connectivity index (χ0n) is 9.49. The fourth-order valence-electron chi connectivity index (χ4n) is 1.47. The standard InChI is InChI=1S/C13H15N3/c1-9-3-5-11(6-4-9)16-13-12(14)7-10(2)8-15-13/h3-8H,14H2,1-2H3,(H,15,16). The summed E-state index contributed by atoms with van der Waals surface area (Å²) in [6.45, 7) is 4.03. The second-order valence-electron chi connectivity index (χ2n) is 3.94. The number of benzene rings is 1. The van der Waals surface area contributed by atoms with E-state index in [1.54, 1.807) is 6.20 Å². The monoisotopic (exact) mass is 213 g/mol. The van der Waals surface area contributed by atoms with E-state index in [4.69, 9.17) is 5.73 Å². The highest BCUT2D eigenvalue weighted by atomic mass is 15.0. The summed E-state index contributed by atoms with van der Waals surface area (Å²) in [7, 11) is 0. The molecule has 0 spiro atoms. The van der Waals surface area contributed by atoms with Crippen LogP contribution in [0.25, 0.3) is 0 Å². The van der Waals surface area contributed by atoms with Crippen molar-refractivity contribution in [2.24, 2.45) is 0 Å². The molecule has 0 aliphatic rings. The quantitative estimate of drug-likeness (QED) is 0.806. The first kappa shape index (κ1) is 10.5. The lowest BCUT2D eigenvalue weighted by atomic mass is 10.2. The summed E-state index contributed by atoms with van der Waals surface area (Å²) in [5.74, 6) is 0.703. The Bertz CT molecular complexity index is 489. The Hall–Kier alpha value is -2.03. The van der Waals surface area contributed by atoms with Gasteiger partial charge >= 0.3 is 0 Å². The molecule has 0 aliphatic carbocycles. The summed E-state index contributed by atoms with van der Waals surface area (Å²) in [5, 5.41) is 3.19. The molecule has 1 aromatic carbocycles. The largest absolute Gasteiger partial charge is 0.396 e. The molecule has 0 unspecified atom stereocenters. The van der Waals surface area contributed by atoms with E-state index in [0.717, 1.165) is 11.3 Å². The van der Waals surface area contributed by atoms with Crippen molar-refractivity contribution in [3.63, 3.8) is 0 Å². The third-order valence-corrected chi connectivity index (χ3v) is 2.37. The van der Waals surface area contributed by atoms with Gasteiger partial charge in [0.2, 0.25) is 0 Å².